The van der Waals surface area contributed by atoms with Gasteiger partial charge in [0, 0.05) is 13.0 Å². The predicted octanol–water partition coefficient (Wildman–Crippen LogP) is 12.0. The lowest BCUT2D eigenvalue weighted by atomic mass is 10.0. The minimum atomic E-state index is 0.0570. The lowest BCUT2D eigenvalue weighted by Gasteiger charge is -2.18. The van der Waals surface area contributed by atoms with Crippen LogP contribution in [0.1, 0.15) is 213 Å². The van der Waals surface area contributed by atoms with Gasteiger partial charge >= 0.3 is 5.97 Å². The smallest absolute Gasteiger partial charge is 0.306 e. The Balaban J connectivity index is 3.76. The van der Waals surface area contributed by atoms with E-state index in [1.165, 1.54) is 167 Å². The zero-order valence-electron chi connectivity index (χ0n) is 27.0. The summed E-state index contributed by atoms with van der Waals surface area (Å²) in [5.74, 6) is 0.0570. The Kier molecular flexibility index (Phi) is 33.1. The molecule has 0 saturated heterocycles. The molecule has 0 heterocycles. The van der Waals surface area contributed by atoms with Crippen molar-refractivity contribution in [3.05, 3.63) is 0 Å². The summed E-state index contributed by atoms with van der Waals surface area (Å²) in [6.07, 6.45) is 39.2. The van der Waals surface area contributed by atoms with Gasteiger partial charge in [0.05, 0.1) is 0 Å². The molecular weight excluding hydrogens is 480 g/mol. The van der Waals surface area contributed by atoms with Gasteiger partial charge in [0.25, 0.3) is 0 Å². The van der Waals surface area contributed by atoms with E-state index < -0.39 is 0 Å². The second-order valence-electron chi connectivity index (χ2n) is 12.4. The van der Waals surface area contributed by atoms with E-state index in [4.69, 9.17) is 9.84 Å². The maximum Gasteiger partial charge on any atom is 0.306 e. The Labute approximate surface area is 246 Å². The highest BCUT2D eigenvalue weighted by atomic mass is 16.5. The van der Waals surface area contributed by atoms with Crippen molar-refractivity contribution in [1.82, 2.24) is 0 Å². The SMILES string of the molecule is CCCCCCCCCCC(CCCCCCC)OC(=O)CCCCCCCCCCCCCCCCCO. The molecule has 1 atom stereocenters. The molecule has 0 amide bonds. The monoisotopic (exact) mass is 553 g/mol. The number of aliphatic hydroxyl groups is 1. The van der Waals surface area contributed by atoms with Crippen LogP contribution in [0.25, 0.3) is 0 Å². The van der Waals surface area contributed by atoms with E-state index in [9.17, 15) is 4.79 Å². The van der Waals surface area contributed by atoms with E-state index >= 15 is 0 Å². The number of rotatable bonds is 33. The third-order valence-electron chi connectivity index (χ3n) is 8.35. The van der Waals surface area contributed by atoms with Gasteiger partial charge in [-0.3, -0.25) is 4.79 Å². The lowest BCUT2D eigenvalue weighted by molar-refractivity contribution is -0.150. The highest BCUT2D eigenvalue weighted by Gasteiger charge is 2.14. The summed E-state index contributed by atoms with van der Waals surface area (Å²) in [6.45, 7) is 4.89. The van der Waals surface area contributed by atoms with Gasteiger partial charge in [0.1, 0.15) is 6.10 Å². The van der Waals surface area contributed by atoms with Crippen LogP contribution >= 0.6 is 0 Å². The Bertz CT molecular complexity index is 464. The number of carbonyl (C=O) groups is 1. The first-order valence-electron chi connectivity index (χ1n) is 18.0. The summed E-state index contributed by atoms with van der Waals surface area (Å²) in [5, 5.41) is 8.80. The molecule has 0 aromatic carbocycles. The fraction of sp³-hybridized carbons (Fsp3) is 0.972. The molecule has 0 bridgehead atoms. The minimum Gasteiger partial charge on any atom is -0.462 e. The van der Waals surface area contributed by atoms with Crippen LogP contribution in [0, 0.1) is 0 Å². The van der Waals surface area contributed by atoms with Crippen LogP contribution in [0.2, 0.25) is 0 Å². The highest BCUT2D eigenvalue weighted by molar-refractivity contribution is 5.69. The van der Waals surface area contributed by atoms with Gasteiger partial charge in [-0.25, -0.2) is 0 Å². The molecular formula is C36H72O3. The zero-order valence-corrected chi connectivity index (χ0v) is 27.0. The quantitative estimate of drug-likeness (QED) is 0.0650. The molecule has 0 fully saturated rings. The number of esters is 1. The number of ether oxygens (including phenoxy) is 1. The molecule has 0 aromatic rings. The summed E-state index contributed by atoms with van der Waals surface area (Å²) in [4.78, 5) is 12.5. The van der Waals surface area contributed by atoms with E-state index in [1.54, 1.807) is 0 Å². The molecule has 0 saturated carbocycles. The van der Waals surface area contributed by atoms with Gasteiger partial charge in [-0.2, -0.15) is 0 Å². The van der Waals surface area contributed by atoms with Crippen LogP contribution < -0.4 is 0 Å². The van der Waals surface area contributed by atoms with Crippen LogP contribution in [0.3, 0.4) is 0 Å². The Hall–Kier alpha value is -0.570. The van der Waals surface area contributed by atoms with Crippen molar-refractivity contribution in [3.8, 4) is 0 Å². The van der Waals surface area contributed by atoms with Crippen LogP contribution in [0.15, 0.2) is 0 Å². The molecule has 39 heavy (non-hydrogen) atoms. The average molecular weight is 553 g/mol. The molecule has 0 aliphatic heterocycles. The first kappa shape index (κ1) is 38.4. The van der Waals surface area contributed by atoms with Gasteiger partial charge in [0.15, 0.2) is 0 Å². The van der Waals surface area contributed by atoms with Crippen molar-refractivity contribution in [2.24, 2.45) is 0 Å². The van der Waals surface area contributed by atoms with Crippen LogP contribution in [0.5, 0.6) is 0 Å². The molecule has 1 N–H and O–H groups in total. The zero-order chi connectivity index (χ0) is 28.5. The van der Waals surface area contributed by atoms with Crippen molar-refractivity contribution >= 4 is 5.97 Å². The Morgan fingerprint density at radius 2 is 0.769 bits per heavy atom. The fourth-order valence-electron chi connectivity index (χ4n) is 5.67. The molecule has 0 aromatic heterocycles. The van der Waals surface area contributed by atoms with Crippen molar-refractivity contribution in [3.63, 3.8) is 0 Å². The lowest BCUT2D eigenvalue weighted by Crippen LogP contribution is -2.18. The molecule has 0 aliphatic rings. The summed E-state index contributed by atoms with van der Waals surface area (Å²) in [5.41, 5.74) is 0. The summed E-state index contributed by atoms with van der Waals surface area (Å²) in [6, 6.07) is 0. The van der Waals surface area contributed by atoms with Gasteiger partial charge in [0.2, 0.25) is 0 Å². The van der Waals surface area contributed by atoms with Crippen LogP contribution in [-0.4, -0.2) is 23.8 Å². The Morgan fingerprint density at radius 3 is 1.13 bits per heavy atom. The molecule has 0 spiro atoms. The van der Waals surface area contributed by atoms with E-state index in [1.807, 2.05) is 0 Å². The van der Waals surface area contributed by atoms with Crippen molar-refractivity contribution in [2.75, 3.05) is 6.61 Å². The summed E-state index contributed by atoms with van der Waals surface area (Å²) >= 11 is 0. The topological polar surface area (TPSA) is 46.5 Å². The minimum absolute atomic E-state index is 0.0570. The molecule has 1 unspecified atom stereocenters. The molecule has 234 valence electrons. The average Bonchev–Trinajstić information content (AvgIpc) is 2.94. The molecule has 3 nitrogen and oxygen atoms in total. The molecule has 0 rings (SSSR count). The van der Waals surface area contributed by atoms with Crippen molar-refractivity contribution in [1.29, 1.82) is 0 Å². The fourth-order valence-corrected chi connectivity index (χ4v) is 5.67. The number of hydrogen-bond acceptors (Lipinski definition) is 3. The van der Waals surface area contributed by atoms with E-state index in [0.29, 0.717) is 13.0 Å². The largest absolute Gasteiger partial charge is 0.462 e. The van der Waals surface area contributed by atoms with Gasteiger partial charge < -0.3 is 9.84 Å². The standard InChI is InChI=1S/C36H72O3/c1-3-5-7-9-10-20-24-28-32-35(31-27-23-8-6-4-2)39-36(38)33-29-25-21-18-16-14-12-11-13-15-17-19-22-26-30-34-37/h35,37H,3-34H2,1-2H3. The maximum absolute atomic E-state index is 12.5. The first-order valence-corrected chi connectivity index (χ1v) is 18.0. The number of aliphatic hydroxyl groups excluding tert-OH is 1. The summed E-state index contributed by atoms with van der Waals surface area (Å²) < 4.78 is 5.99. The third kappa shape index (κ3) is 31.8. The third-order valence-corrected chi connectivity index (χ3v) is 8.35. The predicted molar refractivity (Wildman–Crippen MR) is 171 cm³/mol. The van der Waals surface area contributed by atoms with Gasteiger partial charge in [-0.15, -0.1) is 0 Å². The van der Waals surface area contributed by atoms with Crippen LogP contribution in [-0.2, 0) is 9.53 Å². The summed E-state index contributed by atoms with van der Waals surface area (Å²) in [7, 11) is 0. The van der Waals surface area contributed by atoms with E-state index in [-0.39, 0.29) is 12.1 Å². The normalized spacial score (nSPS) is 12.2. The number of carbonyl (C=O) groups excluding carboxylic acids is 1. The molecule has 0 radical (unpaired) electrons. The van der Waals surface area contributed by atoms with Gasteiger partial charge in [-0.05, 0) is 38.5 Å². The molecule has 0 aliphatic carbocycles. The van der Waals surface area contributed by atoms with Crippen LogP contribution in [0.4, 0.5) is 0 Å². The highest BCUT2D eigenvalue weighted by Crippen LogP contribution is 2.19. The Morgan fingerprint density at radius 1 is 0.462 bits per heavy atom. The molecule has 3 heteroatoms. The van der Waals surface area contributed by atoms with Crippen molar-refractivity contribution in [2.45, 2.75) is 219 Å². The van der Waals surface area contributed by atoms with E-state index in [0.717, 1.165) is 25.7 Å². The van der Waals surface area contributed by atoms with Gasteiger partial charge in [-0.1, -0.05) is 168 Å². The number of unbranched alkanes of at least 4 members (excludes halogenated alkanes) is 25. The second kappa shape index (κ2) is 33.6. The number of hydrogen-bond donors (Lipinski definition) is 1. The second-order valence-corrected chi connectivity index (χ2v) is 12.4. The van der Waals surface area contributed by atoms with Crippen molar-refractivity contribution < 1.29 is 14.6 Å². The maximum atomic E-state index is 12.5. The first-order chi connectivity index (χ1) is 19.2. The van der Waals surface area contributed by atoms with E-state index in [2.05, 4.69) is 13.8 Å².